The summed E-state index contributed by atoms with van der Waals surface area (Å²) < 4.78 is 2.78. The van der Waals surface area contributed by atoms with E-state index in [0.29, 0.717) is 0 Å². The molecule has 0 aliphatic heterocycles. The van der Waals surface area contributed by atoms with Gasteiger partial charge in [-0.05, 0) is 90.4 Å². The average Bonchev–Trinajstić information content (AvgIpc) is 3.18. The second kappa shape index (κ2) is 11.3. The molecular weight excluding hydrogens is 655 g/mol. The van der Waals surface area contributed by atoms with E-state index in [0.717, 1.165) is 23.1 Å². The van der Waals surface area contributed by atoms with Gasteiger partial charge in [-0.1, -0.05) is 19.9 Å². The minimum atomic E-state index is -0.125. The Kier molecular flexibility index (Phi) is 8.28. The molecular formula is C32H30IrNO2S-. The van der Waals surface area contributed by atoms with E-state index < -0.39 is 0 Å². The van der Waals surface area contributed by atoms with Crippen LogP contribution in [0, 0.1) is 17.9 Å². The third-order valence-electron chi connectivity index (χ3n) is 7.11. The second-order valence-electron chi connectivity index (χ2n) is 9.98. The maximum atomic E-state index is 10.0. The summed E-state index contributed by atoms with van der Waals surface area (Å²) in [5, 5.41) is 13.6. The number of rotatable bonds is 2. The molecule has 2 unspecified atom stereocenters. The van der Waals surface area contributed by atoms with Crippen molar-refractivity contribution in [2.24, 2.45) is 11.8 Å². The van der Waals surface area contributed by atoms with Crippen LogP contribution in [0.15, 0.2) is 72.6 Å². The van der Waals surface area contributed by atoms with E-state index in [1.54, 1.807) is 11.1 Å². The Bertz CT molecular complexity index is 1620. The van der Waals surface area contributed by atoms with E-state index in [4.69, 9.17) is 10.1 Å². The minimum absolute atomic E-state index is 0. The van der Waals surface area contributed by atoms with E-state index in [9.17, 15) is 4.79 Å². The van der Waals surface area contributed by atoms with E-state index in [2.05, 4.69) is 62.4 Å². The van der Waals surface area contributed by atoms with Crippen molar-refractivity contribution in [3.05, 3.63) is 89.8 Å². The molecule has 3 aromatic carbocycles. The summed E-state index contributed by atoms with van der Waals surface area (Å²) in [4.78, 5) is 14.7. The Balaban J connectivity index is 0.000000356. The van der Waals surface area contributed by atoms with Crippen molar-refractivity contribution in [3.8, 4) is 11.3 Å². The number of hydrogen-bond acceptors (Lipinski definition) is 4. The van der Waals surface area contributed by atoms with Gasteiger partial charge in [-0.2, -0.15) is 0 Å². The van der Waals surface area contributed by atoms with Gasteiger partial charge < -0.3 is 10.1 Å². The molecule has 1 N–H and O–H groups in total. The Morgan fingerprint density at radius 2 is 1.65 bits per heavy atom. The quantitative estimate of drug-likeness (QED) is 0.115. The molecule has 0 saturated heterocycles. The predicted octanol–water partition coefficient (Wildman–Crippen LogP) is 8.48. The van der Waals surface area contributed by atoms with Crippen molar-refractivity contribution in [1.82, 2.24) is 4.98 Å². The normalized spacial score (nSPS) is 17.1. The molecule has 2 atom stereocenters. The Morgan fingerprint density at radius 1 is 0.973 bits per heavy atom. The molecule has 3 nitrogen and oxygen atoms in total. The number of ketones is 1. The van der Waals surface area contributed by atoms with Crippen LogP contribution < -0.4 is 0 Å². The van der Waals surface area contributed by atoms with Gasteiger partial charge in [0, 0.05) is 52.6 Å². The number of allylic oxidation sites excluding steroid dienone is 2. The topological polar surface area (TPSA) is 50.2 Å². The van der Waals surface area contributed by atoms with Crippen LogP contribution in [0.2, 0.25) is 0 Å². The molecule has 0 bridgehead atoms. The smallest absolute Gasteiger partial charge is 0.155 e. The molecule has 1 radical (unpaired) electrons. The third kappa shape index (κ3) is 5.70. The number of hydrogen-bond donors (Lipinski definition) is 1. The van der Waals surface area contributed by atoms with Crippen LogP contribution in [0.25, 0.3) is 42.2 Å². The number of carbonyl (C=O) groups excluding carboxylic acids is 1. The van der Waals surface area contributed by atoms with E-state index in [1.165, 1.54) is 63.7 Å². The summed E-state index contributed by atoms with van der Waals surface area (Å²) in [6.45, 7) is 7.64. The molecule has 5 aromatic rings. The number of aromatic nitrogens is 1. The fourth-order valence-corrected chi connectivity index (χ4v) is 6.28. The SMILES string of the molecule is CC(=O)/C=C(/C)O.CC1Cc2cc3sc4cc5ccnc(-c6[c-]cccc6)c5cc4c3cc2CC1C.[Ir]. The second-order valence-corrected chi connectivity index (χ2v) is 11.1. The average molecular weight is 685 g/mol. The van der Waals surface area contributed by atoms with E-state index >= 15 is 0 Å². The number of fused-ring (bicyclic) bond motifs is 5. The molecule has 2 aromatic heterocycles. The number of thiophene rings is 1. The summed E-state index contributed by atoms with van der Waals surface area (Å²) in [5.41, 5.74) is 5.17. The Labute approximate surface area is 235 Å². The van der Waals surface area contributed by atoms with Crippen molar-refractivity contribution in [3.63, 3.8) is 0 Å². The number of carbonyl (C=O) groups is 1. The maximum Gasteiger partial charge on any atom is 0.155 e. The first-order chi connectivity index (χ1) is 17.3. The van der Waals surface area contributed by atoms with Crippen LogP contribution >= 0.6 is 11.3 Å². The van der Waals surface area contributed by atoms with E-state index in [-0.39, 0.29) is 31.6 Å². The standard InChI is InChI=1S/C27H22NS.C5H8O2.Ir/c1-16-10-20-12-23-24-15-22-19(8-9-28-27(22)18-6-4-3-5-7-18)13-25(24)29-26(23)14-21(20)11-17(16)2;1-4(6)3-5(2)7;/h3-6,8-9,12-17H,10-11H2,1-2H3;3,6H,1-2H3;/q-1;;/b;4-3-;. The number of pyridine rings is 1. The number of aliphatic hydroxyl groups is 1. The number of benzene rings is 3. The largest absolute Gasteiger partial charge is 0.512 e. The summed E-state index contributed by atoms with van der Waals surface area (Å²) in [5.74, 6) is 1.47. The maximum absolute atomic E-state index is 10.0. The molecule has 5 heteroatoms. The van der Waals surface area contributed by atoms with Crippen LogP contribution in [0.3, 0.4) is 0 Å². The number of aliphatic hydroxyl groups excluding tert-OH is 1. The van der Waals surface area contributed by atoms with Crippen molar-refractivity contribution in [2.45, 2.75) is 40.5 Å². The molecule has 0 amide bonds. The fraction of sp³-hybridized carbons (Fsp3) is 0.250. The van der Waals surface area contributed by atoms with Gasteiger partial charge in [-0.15, -0.1) is 47.2 Å². The zero-order chi connectivity index (χ0) is 25.4. The van der Waals surface area contributed by atoms with Crippen LogP contribution in [-0.4, -0.2) is 15.9 Å². The molecule has 1 aliphatic carbocycles. The molecule has 37 heavy (non-hydrogen) atoms. The third-order valence-corrected chi connectivity index (χ3v) is 8.22. The fourth-order valence-electron chi connectivity index (χ4n) is 5.10. The van der Waals surface area contributed by atoms with Crippen molar-refractivity contribution in [2.75, 3.05) is 0 Å². The molecule has 2 heterocycles. The summed E-state index contributed by atoms with van der Waals surface area (Å²) in [6.07, 6.45) is 5.49. The van der Waals surface area contributed by atoms with Crippen LogP contribution in [0.4, 0.5) is 0 Å². The summed E-state index contributed by atoms with van der Waals surface area (Å²) in [6, 6.07) is 23.2. The van der Waals surface area contributed by atoms with Crippen LogP contribution in [0.5, 0.6) is 0 Å². The zero-order valence-corrected chi connectivity index (χ0v) is 24.7. The minimum Gasteiger partial charge on any atom is -0.512 e. The zero-order valence-electron chi connectivity index (χ0n) is 21.5. The first-order valence-electron chi connectivity index (χ1n) is 12.4. The monoisotopic (exact) mass is 685 g/mol. The van der Waals surface area contributed by atoms with Crippen molar-refractivity contribution in [1.29, 1.82) is 0 Å². The Morgan fingerprint density at radius 3 is 2.27 bits per heavy atom. The van der Waals surface area contributed by atoms with Crippen molar-refractivity contribution >= 4 is 48.1 Å². The molecule has 1 aliphatic rings. The van der Waals surface area contributed by atoms with Gasteiger partial charge in [0.1, 0.15) is 0 Å². The van der Waals surface area contributed by atoms with Gasteiger partial charge >= 0.3 is 0 Å². The van der Waals surface area contributed by atoms with Crippen molar-refractivity contribution < 1.29 is 30.0 Å². The first-order valence-corrected chi connectivity index (χ1v) is 13.2. The summed E-state index contributed by atoms with van der Waals surface area (Å²) in [7, 11) is 0. The van der Waals surface area contributed by atoms with Gasteiger partial charge in [0.25, 0.3) is 0 Å². The molecule has 0 spiro atoms. The summed E-state index contributed by atoms with van der Waals surface area (Å²) >= 11 is 1.92. The Hall–Kier alpha value is -2.85. The molecule has 0 fully saturated rings. The first kappa shape index (κ1) is 27.2. The van der Waals surface area contributed by atoms with Gasteiger partial charge in [0.05, 0.1) is 5.76 Å². The number of nitrogens with zero attached hydrogens (tertiary/aromatic N) is 1. The van der Waals surface area contributed by atoms with Crippen LogP contribution in [0.1, 0.15) is 38.8 Å². The predicted molar refractivity (Wildman–Crippen MR) is 152 cm³/mol. The van der Waals surface area contributed by atoms with E-state index in [1.807, 2.05) is 29.7 Å². The van der Waals surface area contributed by atoms with Crippen LogP contribution in [-0.2, 0) is 37.7 Å². The molecule has 191 valence electrons. The molecule has 6 rings (SSSR count). The molecule has 0 saturated carbocycles. The van der Waals surface area contributed by atoms with Gasteiger partial charge in [-0.3, -0.25) is 4.79 Å². The van der Waals surface area contributed by atoms with Gasteiger partial charge in [0.2, 0.25) is 0 Å². The van der Waals surface area contributed by atoms with Gasteiger partial charge in [0.15, 0.2) is 5.78 Å². The van der Waals surface area contributed by atoms with Gasteiger partial charge in [-0.25, -0.2) is 0 Å².